The third-order valence-electron chi connectivity index (χ3n) is 2.09. The Morgan fingerprint density at radius 2 is 2.10 bits per heavy atom. The molecular weight excluding hydrogens is 136 g/mol. The van der Waals surface area contributed by atoms with Crippen LogP contribution < -0.4 is 0 Å². The van der Waals surface area contributed by atoms with Crippen LogP contribution in [-0.4, -0.2) is 35.5 Å². The molecule has 0 saturated carbocycles. The van der Waals surface area contributed by atoms with Crippen molar-refractivity contribution in [1.29, 1.82) is 0 Å². The van der Waals surface area contributed by atoms with Gasteiger partial charge in [-0.05, 0) is 6.42 Å². The summed E-state index contributed by atoms with van der Waals surface area (Å²) in [5.74, 6) is -0.0185. The number of rotatable bonds is 0. The largest absolute Gasteiger partial charge is 0.387 e. The van der Waals surface area contributed by atoms with Crippen LogP contribution in [0.2, 0.25) is 0 Å². The summed E-state index contributed by atoms with van der Waals surface area (Å²) < 4.78 is 9.96. The average molecular weight is 146 g/mol. The minimum atomic E-state index is -1.05. The van der Waals surface area contributed by atoms with Crippen LogP contribution in [-0.2, 0) is 9.47 Å². The van der Waals surface area contributed by atoms with Crippen LogP contribution in [0.15, 0.2) is 0 Å². The van der Waals surface area contributed by atoms with Gasteiger partial charge in [0.15, 0.2) is 12.6 Å². The van der Waals surface area contributed by atoms with Gasteiger partial charge in [0.25, 0.3) is 0 Å². The Bertz CT molecular complexity index is 136. The third kappa shape index (κ3) is 0.769. The van der Waals surface area contributed by atoms with Crippen LogP contribution >= 0.6 is 0 Å². The molecule has 2 aliphatic heterocycles. The molecule has 0 aliphatic carbocycles. The van der Waals surface area contributed by atoms with Crippen molar-refractivity contribution in [2.75, 3.05) is 6.61 Å². The summed E-state index contributed by atoms with van der Waals surface area (Å²) in [5, 5.41) is 18.2. The van der Waals surface area contributed by atoms with Crippen LogP contribution in [0.4, 0.5) is 0 Å². The van der Waals surface area contributed by atoms with E-state index in [4.69, 9.17) is 14.6 Å². The Kier molecular flexibility index (Phi) is 1.42. The summed E-state index contributed by atoms with van der Waals surface area (Å²) in [7, 11) is 0. The summed E-state index contributed by atoms with van der Waals surface area (Å²) in [6, 6.07) is 0. The first kappa shape index (κ1) is 6.54. The smallest absolute Gasteiger partial charge is 0.184 e. The third-order valence-corrected chi connectivity index (χ3v) is 2.09. The van der Waals surface area contributed by atoms with Gasteiger partial charge < -0.3 is 19.7 Å². The van der Waals surface area contributed by atoms with Crippen molar-refractivity contribution >= 4 is 0 Å². The molecule has 4 heteroatoms. The van der Waals surface area contributed by atoms with Gasteiger partial charge in [-0.15, -0.1) is 0 Å². The highest BCUT2D eigenvalue weighted by Crippen LogP contribution is 2.33. The van der Waals surface area contributed by atoms with E-state index >= 15 is 0 Å². The molecule has 58 valence electrons. The van der Waals surface area contributed by atoms with E-state index in [1.165, 1.54) is 0 Å². The molecule has 2 rings (SSSR count). The molecule has 0 amide bonds. The molecule has 0 aromatic rings. The maximum atomic E-state index is 9.21. The van der Waals surface area contributed by atoms with Gasteiger partial charge in [0.2, 0.25) is 0 Å². The molecule has 4 atom stereocenters. The monoisotopic (exact) mass is 146 g/mol. The minimum absolute atomic E-state index is 0.0185. The molecule has 0 aromatic carbocycles. The number of fused-ring (bicyclic) bond motifs is 1. The summed E-state index contributed by atoms with van der Waals surface area (Å²) >= 11 is 0. The Morgan fingerprint density at radius 1 is 1.30 bits per heavy atom. The number of ether oxygens (including phenoxy) is 2. The normalized spacial score (nSPS) is 53.4. The van der Waals surface area contributed by atoms with E-state index in [-0.39, 0.29) is 12.2 Å². The van der Waals surface area contributed by atoms with Crippen LogP contribution in [0.1, 0.15) is 6.42 Å². The molecule has 0 aromatic heterocycles. The first-order chi connectivity index (χ1) is 4.79. The highest BCUT2D eigenvalue weighted by molar-refractivity contribution is 4.84. The Balaban J connectivity index is 2.09. The van der Waals surface area contributed by atoms with E-state index in [0.717, 1.165) is 6.42 Å². The van der Waals surface area contributed by atoms with E-state index < -0.39 is 12.4 Å². The molecule has 10 heavy (non-hydrogen) atoms. The van der Waals surface area contributed by atoms with Crippen molar-refractivity contribution in [3.8, 4) is 0 Å². The van der Waals surface area contributed by atoms with Gasteiger partial charge in [-0.1, -0.05) is 0 Å². The number of aliphatic hydroxyl groups excluding tert-OH is 2. The first-order valence-electron chi connectivity index (χ1n) is 3.42. The second kappa shape index (κ2) is 2.17. The molecule has 2 aliphatic rings. The lowest BCUT2D eigenvalue weighted by Gasteiger charge is -2.08. The van der Waals surface area contributed by atoms with E-state index in [1.807, 2.05) is 0 Å². The topological polar surface area (TPSA) is 58.9 Å². The Hall–Kier alpha value is -0.160. The van der Waals surface area contributed by atoms with Crippen LogP contribution in [0.25, 0.3) is 0 Å². The van der Waals surface area contributed by atoms with E-state index in [9.17, 15) is 5.11 Å². The first-order valence-corrected chi connectivity index (χ1v) is 3.42. The standard InChI is InChI=1S/C6H10O4/c7-4-3-1-2-9-6(3)10-5(4)8/h3-8H,1-2H2/t3?,4?,5?,6-/m1/s1. The zero-order valence-electron chi connectivity index (χ0n) is 5.43. The molecule has 2 fully saturated rings. The zero-order chi connectivity index (χ0) is 7.14. The van der Waals surface area contributed by atoms with Crippen molar-refractivity contribution in [3.05, 3.63) is 0 Å². The summed E-state index contributed by atoms with van der Waals surface area (Å²) in [4.78, 5) is 0. The van der Waals surface area contributed by atoms with Crippen LogP contribution in [0.3, 0.4) is 0 Å². The van der Waals surface area contributed by atoms with Crippen molar-refractivity contribution in [2.45, 2.75) is 25.1 Å². The predicted molar refractivity (Wildman–Crippen MR) is 30.9 cm³/mol. The van der Waals surface area contributed by atoms with Crippen molar-refractivity contribution in [1.82, 2.24) is 0 Å². The van der Waals surface area contributed by atoms with Gasteiger partial charge in [-0.2, -0.15) is 0 Å². The number of hydrogen-bond donors (Lipinski definition) is 2. The Labute approximate surface area is 58.4 Å². The van der Waals surface area contributed by atoms with Crippen molar-refractivity contribution in [2.24, 2.45) is 5.92 Å². The highest BCUT2D eigenvalue weighted by Gasteiger charge is 2.46. The number of aliphatic hydroxyl groups is 2. The molecule has 0 bridgehead atoms. The fourth-order valence-electron chi connectivity index (χ4n) is 1.48. The highest BCUT2D eigenvalue weighted by atomic mass is 16.7. The van der Waals surface area contributed by atoms with E-state index in [0.29, 0.717) is 6.61 Å². The van der Waals surface area contributed by atoms with Crippen LogP contribution in [0, 0.1) is 5.92 Å². The molecule has 0 radical (unpaired) electrons. The number of hydrogen-bond acceptors (Lipinski definition) is 4. The van der Waals surface area contributed by atoms with Gasteiger partial charge in [0.05, 0.1) is 6.61 Å². The maximum absolute atomic E-state index is 9.21. The Morgan fingerprint density at radius 3 is 2.80 bits per heavy atom. The molecule has 2 N–H and O–H groups in total. The van der Waals surface area contributed by atoms with Gasteiger partial charge in [-0.25, -0.2) is 0 Å². The van der Waals surface area contributed by atoms with Gasteiger partial charge in [0, 0.05) is 5.92 Å². The molecule has 4 nitrogen and oxygen atoms in total. The fraction of sp³-hybridized carbons (Fsp3) is 1.00. The maximum Gasteiger partial charge on any atom is 0.184 e. The molecule has 2 saturated heterocycles. The second-order valence-corrected chi connectivity index (χ2v) is 2.71. The SMILES string of the molecule is OC1O[C@H]2OCCC2C1O. The summed E-state index contributed by atoms with van der Waals surface area (Å²) in [5.41, 5.74) is 0. The van der Waals surface area contributed by atoms with Gasteiger partial charge >= 0.3 is 0 Å². The van der Waals surface area contributed by atoms with Gasteiger partial charge in [-0.3, -0.25) is 0 Å². The lowest BCUT2D eigenvalue weighted by molar-refractivity contribution is -0.188. The van der Waals surface area contributed by atoms with Crippen LogP contribution in [0.5, 0.6) is 0 Å². The van der Waals surface area contributed by atoms with Gasteiger partial charge in [0.1, 0.15) is 6.10 Å². The van der Waals surface area contributed by atoms with E-state index in [1.54, 1.807) is 0 Å². The lowest BCUT2D eigenvalue weighted by Crippen LogP contribution is -2.25. The quantitative estimate of drug-likeness (QED) is 0.463. The zero-order valence-corrected chi connectivity index (χ0v) is 5.43. The van der Waals surface area contributed by atoms with Crippen molar-refractivity contribution in [3.63, 3.8) is 0 Å². The summed E-state index contributed by atoms with van der Waals surface area (Å²) in [6.45, 7) is 0.624. The minimum Gasteiger partial charge on any atom is -0.387 e. The summed E-state index contributed by atoms with van der Waals surface area (Å²) in [6.07, 6.45) is -1.39. The van der Waals surface area contributed by atoms with E-state index in [2.05, 4.69) is 0 Å². The predicted octanol–water partition coefficient (Wildman–Crippen LogP) is -0.942. The molecule has 2 heterocycles. The molecule has 0 spiro atoms. The second-order valence-electron chi connectivity index (χ2n) is 2.71. The fourth-order valence-corrected chi connectivity index (χ4v) is 1.48. The molecule has 3 unspecified atom stereocenters. The van der Waals surface area contributed by atoms with Crippen molar-refractivity contribution < 1.29 is 19.7 Å². The average Bonchev–Trinajstić information content (AvgIpc) is 2.41. The lowest BCUT2D eigenvalue weighted by atomic mass is 10.0. The molecular formula is C6H10O4.